The molecule has 0 amide bonds. The van der Waals surface area contributed by atoms with Crippen LogP contribution >= 0.6 is 0 Å². The number of benzene rings is 1. The number of hydrogen-bond donors (Lipinski definition) is 0. The summed E-state index contributed by atoms with van der Waals surface area (Å²) in [7, 11) is -6.86. The molecule has 0 aliphatic carbocycles. The highest BCUT2D eigenvalue weighted by atomic mass is 28.5. The van der Waals surface area contributed by atoms with Gasteiger partial charge in [-0.15, -0.1) is 0 Å². The second-order valence-electron chi connectivity index (χ2n) is 7.00. The molecule has 0 heterocycles. The summed E-state index contributed by atoms with van der Waals surface area (Å²) in [5.41, 5.74) is 0. The zero-order valence-corrected chi connectivity index (χ0v) is 16.3. The van der Waals surface area contributed by atoms with Gasteiger partial charge in [-0.3, -0.25) is 0 Å². The SMILES string of the molecule is C[Si](C)(C)O[Si](C)(O[Si](C)(C)C)c1cc(F)ccc1F. The van der Waals surface area contributed by atoms with Crippen molar-refractivity contribution in [3.05, 3.63) is 29.8 Å². The average molecular weight is 335 g/mol. The summed E-state index contributed by atoms with van der Waals surface area (Å²) in [6.07, 6.45) is 0. The van der Waals surface area contributed by atoms with E-state index < -0.39 is 36.8 Å². The van der Waals surface area contributed by atoms with E-state index in [1.54, 1.807) is 0 Å². The standard InChI is InChI=1S/C13H24F2O2Si3/c1-18(2,3)16-20(7,17-19(4,5)6)13-10-11(14)8-9-12(13)15/h8-10H,1-7H3. The molecule has 0 N–H and O–H groups in total. The highest BCUT2D eigenvalue weighted by Crippen LogP contribution is 2.22. The fraction of sp³-hybridized carbons (Fsp3) is 0.538. The molecule has 0 radical (unpaired) electrons. The Kier molecular flexibility index (Phi) is 5.13. The zero-order chi connectivity index (χ0) is 15.8. The number of hydrogen-bond acceptors (Lipinski definition) is 2. The van der Waals surface area contributed by atoms with Crippen molar-refractivity contribution >= 4 is 30.4 Å². The molecule has 0 bridgehead atoms. The third kappa shape index (κ3) is 5.21. The van der Waals surface area contributed by atoms with Gasteiger partial charge in [0.2, 0.25) is 0 Å². The topological polar surface area (TPSA) is 18.5 Å². The van der Waals surface area contributed by atoms with E-state index in [0.717, 1.165) is 12.1 Å². The molecular formula is C13H24F2O2Si3. The highest BCUT2D eigenvalue weighted by Gasteiger charge is 2.44. The maximum atomic E-state index is 14.2. The van der Waals surface area contributed by atoms with Crippen molar-refractivity contribution in [2.24, 2.45) is 0 Å². The van der Waals surface area contributed by atoms with Gasteiger partial charge < -0.3 is 8.23 Å². The fourth-order valence-electron chi connectivity index (χ4n) is 2.14. The van der Waals surface area contributed by atoms with Crippen molar-refractivity contribution in [1.82, 2.24) is 0 Å². The molecule has 114 valence electrons. The minimum Gasteiger partial charge on any atom is -0.433 e. The highest BCUT2D eigenvalue weighted by molar-refractivity contribution is 6.94. The summed E-state index contributed by atoms with van der Waals surface area (Å²) >= 11 is 0. The summed E-state index contributed by atoms with van der Waals surface area (Å²) in [5, 5.41) is 0.266. The van der Waals surface area contributed by atoms with Gasteiger partial charge in [-0.05, 0) is 64.0 Å². The van der Waals surface area contributed by atoms with E-state index in [9.17, 15) is 8.78 Å². The minimum absolute atomic E-state index is 0.266. The quantitative estimate of drug-likeness (QED) is 0.759. The lowest BCUT2D eigenvalue weighted by Gasteiger charge is -2.38. The Bertz CT molecular complexity index is 465. The van der Waals surface area contributed by atoms with Gasteiger partial charge in [0.1, 0.15) is 11.6 Å². The first-order valence-electron chi connectivity index (χ1n) is 6.68. The molecule has 1 rings (SSSR count). The van der Waals surface area contributed by atoms with Crippen molar-refractivity contribution < 1.29 is 17.0 Å². The van der Waals surface area contributed by atoms with Gasteiger partial charge in [0.05, 0.1) is 0 Å². The van der Waals surface area contributed by atoms with Gasteiger partial charge >= 0.3 is 8.56 Å². The normalized spacial score (nSPS) is 13.7. The van der Waals surface area contributed by atoms with Gasteiger partial charge in [0, 0.05) is 5.19 Å². The minimum atomic E-state index is -2.96. The van der Waals surface area contributed by atoms with Crippen molar-refractivity contribution in [3.63, 3.8) is 0 Å². The largest absolute Gasteiger partial charge is 0.433 e. The van der Waals surface area contributed by atoms with Crippen molar-refractivity contribution in [2.75, 3.05) is 0 Å². The van der Waals surface area contributed by atoms with Crippen LogP contribution in [0.25, 0.3) is 0 Å². The maximum absolute atomic E-state index is 14.2. The molecule has 1 aromatic carbocycles. The lowest BCUT2D eigenvalue weighted by Crippen LogP contribution is -2.61. The molecular weight excluding hydrogens is 310 g/mol. The number of rotatable bonds is 5. The van der Waals surface area contributed by atoms with Crippen molar-refractivity contribution in [2.45, 2.75) is 45.8 Å². The van der Waals surface area contributed by atoms with Gasteiger partial charge in [-0.2, -0.15) is 0 Å². The van der Waals surface area contributed by atoms with E-state index in [2.05, 4.69) is 0 Å². The zero-order valence-electron chi connectivity index (χ0n) is 13.3. The average Bonchev–Trinajstić information content (AvgIpc) is 2.15. The molecule has 0 saturated carbocycles. The molecule has 0 saturated heterocycles. The lowest BCUT2D eigenvalue weighted by molar-refractivity contribution is 0.401. The van der Waals surface area contributed by atoms with Crippen molar-refractivity contribution in [3.8, 4) is 0 Å². The van der Waals surface area contributed by atoms with Gasteiger partial charge in [-0.25, -0.2) is 8.78 Å². The molecule has 0 atom stereocenters. The van der Waals surface area contributed by atoms with Crippen LogP contribution in [0.4, 0.5) is 8.78 Å². The first kappa shape index (κ1) is 17.7. The van der Waals surface area contributed by atoms with E-state index in [1.165, 1.54) is 6.07 Å². The smallest absolute Gasteiger partial charge is 0.351 e. The van der Waals surface area contributed by atoms with Crippen molar-refractivity contribution in [1.29, 1.82) is 0 Å². The molecule has 7 heteroatoms. The van der Waals surface area contributed by atoms with E-state index in [-0.39, 0.29) is 5.19 Å². The van der Waals surface area contributed by atoms with Crippen LogP contribution in [0.15, 0.2) is 18.2 Å². The lowest BCUT2D eigenvalue weighted by atomic mass is 10.3. The summed E-state index contributed by atoms with van der Waals surface area (Å²) in [5.74, 6) is -0.907. The molecule has 0 aliphatic rings. The maximum Gasteiger partial charge on any atom is 0.351 e. The second-order valence-corrected chi connectivity index (χ2v) is 19.5. The Hall–Kier alpha value is -0.349. The molecule has 0 aromatic heterocycles. The fourth-order valence-corrected chi connectivity index (χ4v) is 13.8. The predicted octanol–water partition coefficient (Wildman–Crippen LogP) is 3.95. The van der Waals surface area contributed by atoms with Gasteiger partial charge in [-0.1, -0.05) is 0 Å². The molecule has 0 spiro atoms. The third-order valence-electron chi connectivity index (χ3n) is 2.42. The van der Waals surface area contributed by atoms with Crippen LogP contribution in [-0.2, 0) is 8.23 Å². The van der Waals surface area contributed by atoms with E-state index in [0.29, 0.717) is 0 Å². The van der Waals surface area contributed by atoms with E-state index in [1.807, 2.05) is 45.8 Å². The molecule has 2 nitrogen and oxygen atoms in total. The van der Waals surface area contributed by atoms with Crippen LogP contribution in [-0.4, -0.2) is 25.2 Å². The molecule has 0 aliphatic heterocycles. The Morgan fingerprint density at radius 3 is 1.65 bits per heavy atom. The number of halogens is 2. The van der Waals surface area contributed by atoms with Gasteiger partial charge in [0.15, 0.2) is 16.6 Å². The molecule has 0 fully saturated rings. The predicted molar refractivity (Wildman–Crippen MR) is 86.5 cm³/mol. The van der Waals surface area contributed by atoms with Crippen LogP contribution < -0.4 is 5.19 Å². The summed E-state index contributed by atoms with van der Waals surface area (Å²) in [6.45, 7) is 14.0. The summed E-state index contributed by atoms with van der Waals surface area (Å²) in [4.78, 5) is 0. The Morgan fingerprint density at radius 2 is 1.25 bits per heavy atom. The monoisotopic (exact) mass is 334 g/mol. The van der Waals surface area contributed by atoms with Gasteiger partial charge in [0.25, 0.3) is 0 Å². The van der Waals surface area contributed by atoms with E-state index >= 15 is 0 Å². The van der Waals surface area contributed by atoms with Crippen LogP contribution in [0.2, 0.25) is 45.8 Å². The first-order valence-corrected chi connectivity index (χ1v) is 15.8. The first-order chi connectivity index (χ1) is 8.82. The van der Waals surface area contributed by atoms with Crippen LogP contribution in [0.3, 0.4) is 0 Å². The molecule has 1 aromatic rings. The second kappa shape index (κ2) is 5.80. The molecule has 0 unspecified atom stereocenters. The molecule has 20 heavy (non-hydrogen) atoms. The van der Waals surface area contributed by atoms with E-state index in [4.69, 9.17) is 8.23 Å². The van der Waals surface area contributed by atoms with Crippen LogP contribution in [0, 0.1) is 11.6 Å². The van der Waals surface area contributed by atoms with Crippen LogP contribution in [0.5, 0.6) is 0 Å². The Labute approximate surface area is 123 Å². The summed E-state index contributed by atoms with van der Waals surface area (Å²) < 4.78 is 40.1. The third-order valence-corrected chi connectivity index (χ3v) is 11.8. The Morgan fingerprint density at radius 1 is 0.800 bits per heavy atom. The van der Waals surface area contributed by atoms with Crippen LogP contribution in [0.1, 0.15) is 0 Å². The Balaban J connectivity index is 3.32. The summed E-state index contributed by atoms with van der Waals surface area (Å²) in [6, 6.07) is 3.50.